The van der Waals surface area contributed by atoms with Crippen molar-refractivity contribution in [3.8, 4) is 0 Å². The van der Waals surface area contributed by atoms with E-state index in [2.05, 4.69) is 17.2 Å². The van der Waals surface area contributed by atoms with Gasteiger partial charge >= 0.3 is 5.97 Å². The minimum absolute atomic E-state index is 0.164. The summed E-state index contributed by atoms with van der Waals surface area (Å²) in [6, 6.07) is -1.18. The number of carboxylic acid groups (broad SMARTS) is 1. The molecule has 7 nitrogen and oxygen atoms in total. The molecule has 0 aliphatic heterocycles. The maximum Gasteiger partial charge on any atom is 0.328 e. The van der Waals surface area contributed by atoms with Gasteiger partial charge in [-0.1, -0.05) is 6.08 Å². The quantitative estimate of drug-likeness (QED) is 0.536. The largest absolute Gasteiger partial charge is 0.480 e. The maximum atomic E-state index is 11.5. The van der Waals surface area contributed by atoms with Gasteiger partial charge in [0.2, 0.25) is 11.8 Å². The third-order valence-electron chi connectivity index (χ3n) is 2.24. The smallest absolute Gasteiger partial charge is 0.328 e. The van der Waals surface area contributed by atoms with Crippen LogP contribution in [-0.2, 0) is 19.1 Å². The molecule has 0 saturated heterocycles. The van der Waals surface area contributed by atoms with Gasteiger partial charge in [-0.3, -0.25) is 9.59 Å². The van der Waals surface area contributed by atoms with E-state index in [1.165, 1.54) is 0 Å². The van der Waals surface area contributed by atoms with Crippen molar-refractivity contribution in [2.75, 3.05) is 13.2 Å². The molecule has 0 saturated carbocycles. The van der Waals surface area contributed by atoms with E-state index in [1.807, 2.05) is 20.8 Å². The Bertz CT molecular complexity index is 387. The Labute approximate surface area is 124 Å². The van der Waals surface area contributed by atoms with Gasteiger partial charge < -0.3 is 20.5 Å². The van der Waals surface area contributed by atoms with Crippen LogP contribution in [0.5, 0.6) is 0 Å². The van der Waals surface area contributed by atoms with Gasteiger partial charge in [-0.25, -0.2) is 4.79 Å². The molecule has 0 fully saturated rings. The third-order valence-corrected chi connectivity index (χ3v) is 2.24. The van der Waals surface area contributed by atoms with Crippen molar-refractivity contribution in [2.45, 2.75) is 45.2 Å². The van der Waals surface area contributed by atoms with Crippen LogP contribution < -0.4 is 10.6 Å². The Morgan fingerprint density at radius 2 is 1.90 bits per heavy atom. The van der Waals surface area contributed by atoms with Gasteiger partial charge in [-0.15, -0.1) is 6.58 Å². The van der Waals surface area contributed by atoms with E-state index in [9.17, 15) is 14.4 Å². The van der Waals surface area contributed by atoms with Crippen LogP contribution >= 0.6 is 0 Å². The van der Waals surface area contributed by atoms with Crippen molar-refractivity contribution in [2.24, 2.45) is 0 Å². The van der Waals surface area contributed by atoms with Crippen LogP contribution in [-0.4, -0.2) is 47.7 Å². The number of aliphatic carboxylic acids is 1. The van der Waals surface area contributed by atoms with Crippen LogP contribution in [0.4, 0.5) is 0 Å². The molecule has 0 aliphatic carbocycles. The van der Waals surface area contributed by atoms with E-state index < -0.39 is 17.9 Å². The van der Waals surface area contributed by atoms with Crippen LogP contribution in [0.1, 0.15) is 33.6 Å². The molecular formula is C14H24N2O5. The molecule has 0 spiro atoms. The highest BCUT2D eigenvalue weighted by Crippen LogP contribution is 1.98. The summed E-state index contributed by atoms with van der Waals surface area (Å²) in [7, 11) is 0. The molecule has 2 amide bonds. The highest BCUT2D eigenvalue weighted by molar-refractivity contribution is 5.83. The first kappa shape index (κ1) is 19.1. The first-order chi connectivity index (χ1) is 9.65. The van der Waals surface area contributed by atoms with Crippen LogP contribution in [0.3, 0.4) is 0 Å². The lowest BCUT2D eigenvalue weighted by atomic mass is 10.1. The normalized spacial score (nSPS) is 12.3. The molecule has 0 aromatic heterocycles. The average Bonchev–Trinajstić information content (AvgIpc) is 2.32. The number of allylic oxidation sites excluding steroid dienone is 1. The molecule has 120 valence electrons. The number of rotatable bonds is 9. The van der Waals surface area contributed by atoms with Crippen LogP contribution in [0.25, 0.3) is 0 Å². The highest BCUT2D eigenvalue weighted by atomic mass is 16.5. The van der Waals surface area contributed by atoms with Crippen molar-refractivity contribution < 1.29 is 24.2 Å². The summed E-state index contributed by atoms with van der Waals surface area (Å²) in [6.45, 7) is 8.42. The van der Waals surface area contributed by atoms with Crippen molar-refractivity contribution >= 4 is 17.8 Å². The van der Waals surface area contributed by atoms with Gasteiger partial charge in [0, 0.05) is 12.0 Å². The Morgan fingerprint density at radius 3 is 2.38 bits per heavy atom. The monoisotopic (exact) mass is 300 g/mol. The molecule has 0 heterocycles. The zero-order chi connectivity index (χ0) is 16.5. The molecule has 3 N–H and O–H groups in total. The van der Waals surface area contributed by atoms with Gasteiger partial charge in [0.25, 0.3) is 0 Å². The molecule has 0 rings (SSSR count). The summed E-state index contributed by atoms with van der Waals surface area (Å²) >= 11 is 0. The molecule has 21 heavy (non-hydrogen) atoms. The molecule has 0 bridgehead atoms. The first-order valence-corrected chi connectivity index (χ1v) is 6.67. The molecule has 1 atom stereocenters. The zero-order valence-electron chi connectivity index (χ0n) is 12.8. The Balaban J connectivity index is 4.16. The van der Waals surface area contributed by atoms with Crippen LogP contribution in [0, 0.1) is 0 Å². The molecule has 0 unspecified atom stereocenters. The van der Waals surface area contributed by atoms with Crippen molar-refractivity contribution in [3.63, 3.8) is 0 Å². The maximum absolute atomic E-state index is 11.5. The van der Waals surface area contributed by atoms with E-state index in [1.54, 1.807) is 6.08 Å². The zero-order valence-corrected chi connectivity index (χ0v) is 12.8. The minimum Gasteiger partial charge on any atom is -0.480 e. The van der Waals surface area contributed by atoms with E-state index in [-0.39, 0.29) is 31.1 Å². The fourth-order valence-corrected chi connectivity index (χ4v) is 1.40. The second-order valence-electron chi connectivity index (χ2n) is 5.60. The fourth-order valence-electron chi connectivity index (χ4n) is 1.40. The molecule has 0 aromatic rings. The summed E-state index contributed by atoms with van der Waals surface area (Å²) in [5.74, 6) is -1.95. The number of nitrogens with one attached hydrogen (secondary N) is 2. The summed E-state index contributed by atoms with van der Waals surface area (Å²) in [5, 5.41) is 14.0. The fraction of sp³-hybridized carbons (Fsp3) is 0.643. The van der Waals surface area contributed by atoms with Gasteiger partial charge in [-0.05, 0) is 27.2 Å². The van der Waals surface area contributed by atoms with Gasteiger partial charge in [0.05, 0.1) is 6.61 Å². The van der Waals surface area contributed by atoms with E-state index in [0.717, 1.165) is 0 Å². The van der Waals surface area contributed by atoms with Crippen molar-refractivity contribution in [3.05, 3.63) is 12.7 Å². The number of hydrogen-bond acceptors (Lipinski definition) is 4. The second-order valence-corrected chi connectivity index (χ2v) is 5.60. The minimum atomic E-state index is -1.21. The number of amides is 2. The number of carboxylic acids is 1. The van der Waals surface area contributed by atoms with Crippen LogP contribution in [0.2, 0.25) is 0 Å². The van der Waals surface area contributed by atoms with Crippen molar-refractivity contribution in [1.29, 1.82) is 0 Å². The highest BCUT2D eigenvalue weighted by Gasteiger charge is 2.21. The van der Waals surface area contributed by atoms with Gasteiger partial charge in [-0.2, -0.15) is 0 Å². The predicted octanol–water partition coefficient (Wildman–Crippen LogP) is 0.453. The number of hydrogen-bond donors (Lipinski definition) is 3. The standard InChI is InChI=1S/C14H24N2O5/c1-5-6-7-11(17)15-10(13(19)20)8-21-9-12(18)16-14(2,3)4/h5,10H,1,6-9H2,2-4H3,(H,15,17)(H,16,18)(H,19,20)/t10-/m0/s1. The van der Waals surface area contributed by atoms with Crippen molar-refractivity contribution in [1.82, 2.24) is 10.6 Å². The lowest BCUT2D eigenvalue weighted by Gasteiger charge is -2.21. The first-order valence-electron chi connectivity index (χ1n) is 6.67. The summed E-state index contributed by atoms with van der Waals surface area (Å²) in [6.07, 6.45) is 2.20. The lowest BCUT2D eigenvalue weighted by Crippen LogP contribution is -2.46. The van der Waals surface area contributed by atoms with Crippen LogP contribution in [0.15, 0.2) is 12.7 Å². The second kappa shape index (κ2) is 9.12. The molecule has 0 radical (unpaired) electrons. The third kappa shape index (κ3) is 10.5. The number of carbonyl (C=O) groups is 3. The Kier molecular flexibility index (Phi) is 8.30. The number of ether oxygens (including phenoxy) is 1. The average molecular weight is 300 g/mol. The van der Waals surface area contributed by atoms with Gasteiger partial charge in [0.15, 0.2) is 6.04 Å². The Hall–Kier alpha value is -1.89. The van der Waals surface area contributed by atoms with E-state index in [0.29, 0.717) is 6.42 Å². The summed E-state index contributed by atoms with van der Waals surface area (Å²) < 4.78 is 5.04. The van der Waals surface area contributed by atoms with Gasteiger partial charge in [0.1, 0.15) is 6.61 Å². The molecular weight excluding hydrogens is 276 g/mol. The predicted molar refractivity (Wildman–Crippen MR) is 77.7 cm³/mol. The molecule has 0 aromatic carbocycles. The Morgan fingerprint density at radius 1 is 1.29 bits per heavy atom. The van der Waals surface area contributed by atoms with E-state index >= 15 is 0 Å². The SMILES string of the molecule is C=CCCC(=O)N[C@@H](COCC(=O)NC(C)(C)C)C(=O)O. The lowest BCUT2D eigenvalue weighted by molar-refractivity contribution is -0.144. The van der Waals surface area contributed by atoms with E-state index in [4.69, 9.17) is 9.84 Å². The molecule has 7 heteroatoms. The summed E-state index contributed by atoms with van der Waals surface area (Å²) in [4.78, 5) is 33.9. The topological polar surface area (TPSA) is 105 Å². The molecule has 0 aliphatic rings. The number of carbonyl (C=O) groups excluding carboxylic acids is 2. The summed E-state index contributed by atoms with van der Waals surface area (Å²) in [5.41, 5.74) is -0.383.